The minimum atomic E-state index is -3.54. The van der Waals surface area contributed by atoms with E-state index in [0.717, 1.165) is 17.7 Å². The van der Waals surface area contributed by atoms with Crippen LogP contribution in [0.3, 0.4) is 0 Å². The number of nitrogens with zero attached hydrogens (tertiary/aromatic N) is 2. The summed E-state index contributed by atoms with van der Waals surface area (Å²) in [6, 6.07) is 14.6. The summed E-state index contributed by atoms with van der Waals surface area (Å²) in [6.45, 7) is 0.777. The van der Waals surface area contributed by atoms with Crippen molar-refractivity contribution in [2.24, 2.45) is 10.7 Å². The normalized spacial score (nSPS) is 16.7. The topological polar surface area (TPSA) is 97.0 Å². The van der Waals surface area contributed by atoms with Gasteiger partial charge < -0.3 is 15.8 Å². The summed E-state index contributed by atoms with van der Waals surface area (Å²) in [7, 11) is -0.521. The van der Waals surface area contributed by atoms with E-state index in [9.17, 15) is 8.42 Å². The monoisotopic (exact) mass is 516 g/mol. The van der Waals surface area contributed by atoms with Gasteiger partial charge in [0.2, 0.25) is 10.0 Å². The molecule has 2 aromatic carbocycles. The maximum absolute atomic E-state index is 12.5. The Bertz CT molecular complexity index is 948. The van der Waals surface area contributed by atoms with Crippen LogP contribution in [0.5, 0.6) is 5.75 Å². The van der Waals surface area contributed by atoms with Gasteiger partial charge in [-0.15, -0.1) is 24.0 Å². The fraction of sp³-hybridized carbons (Fsp3) is 0.316. The number of nitrogens with one attached hydrogen (secondary N) is 1. The van der Waals surface area contributed by atoms with Crippen LogP contribution >= 0.6 is 24.0 Å². The molecule has 1 unspecified atom stereocenters. The highest BCUT2D eigenvalue weighted by Crippen LogP contribution is 2.31. The summed E-state index contributed by atoms with van der Waals surface area (Å²) in [5, 5.41) is 3.21. The number of guanidine groups is 1. The average molecular weight is 516 g/mol. The molecule has 7 nitrogen and oxygen atoms in total. The zero-order valence-corrected chi connectivity index (χ0v) is 19.0. The van der Waals surface area contributed by atoms with Crippen LogP contribution < -0.4 is 15.8 Å². The van der Waals surface area contributed by atoms with E-state index in [1.807, 2.05) is 24.3 Å². The smallest absolute Gasteiger partial charge is 0.242 e. The zero-order chi connectivity index (χ0) is 19.4. The lowest BCUT2D eigenvalue weighted by atomic mass is 10.0. The van der Waals surface area contributed by atoms with Crippen LogP contribution in [0.4, 0.5) is 0 Å². The Morgan fingerprint density at radius 3 is 2.64 bits per heavy atom. The molecule has 28 heavy (non-hydrogen) atoms. The third kappa shape index (κ3) is 4.95. The van der Waals surface area contributed by atoms with Gasteiger partial charge in [0.15, 0.2) is 5.96 Å². The Labute approximate surface area is 183 Å². The van der Waals surface area contributed by atoms with Gasteiger partial charge in [-0.1, -0.05) is 36.4 Å². The number of halogens is 1. The highest BCUT2D eigenvalue weighted by molar-refractivity contribution is 14.0. The van der Waals surface area contributed by atoms with Crippen LogP contribution in [0.2, 0.25) is 0 Å². The number of benzene rings is 2. The summed E-state index contributed by atoms with van der Waals surface area (Å²) in [4.78, 5) is 4.59. The van der Waals surface area contributed by atoms with Crippen molar-refractivity contribution in [2.75, 3.05) is 20.7 Å². The van der Waals surface area contributed by atoms with Crippen LogP contribution in [0.1, 0.15) is 23.6 Å². The van der Waals surface area contributed by atoms with Crippen molar-refractivity contribution >= 4 is 40.0 Å². The Hall–Kier alpha value is -1.85. The number of para-hydroxylation sites is 1. The number of ether oxygens (including phenoxy) is 1. The maximum Gasteiger partial charge on any atom is 0.242 e. The fourth-order valence-corrected chi connectivity index (χ4v) is 4.08. The molecule has 152 valence electrons. The number of sulfonamides is 1. The van der Waals surface area contributed by atoms with Gasteiger partial charge >= 0.3 is 0 Å². The highest BCUT2D eigenvalue weighted by Gasteiger charge is 2.22. The van der Waals surface area contributed by atoms with Crippen molar-refractivity contribution in [1.82, 2.24) is 9.62 Å². The van der Waals surface area contributed by atoms with E-state index in [2.05, 4.69) is 10.3 Å². The Morgan fingerprint density at radius 2 is 1.89 bits per heavy atom. The van der Waals surface area contributed by atoms with Crippen LogP contribution in [0, 0.1) is 0 Å². The van der Waals surface area contributed by atoms with Crippen molar-refractivity contribution < 1.29 is 13.2 Å². The van der Waals surface area contributed by atoms with Gasteiger partial charge in [0.05, 0.1) is 24.1 Å². The molecule has 0 saturated carbocycles. The molecule has 0 aliphatic carbocycles. The SMILES string of the molecule is CN(C)S(=O)(=O)c1ccccc1CN=C(N)NC1CCOc2ccccc21.I. The molecule has 0 saturated heterocycles. The van der Waals surface area contributed by atoms with Crippen LogP contribution in [-0.4, -0.2) is 39.4 Å². The Balaban J connectivity index is 0.00000280. The second-order valence-electron chi connectivity index (χ2n) is 6.47. The van der Waals surface area contributed by atoms with Crippen molar-refractivity contribution in [2.45, 2.75) is 23.9 Å². The predicted molar refractivity (Wildman–Crippen MR) is 120 cm³/mol. The second-order valence-corrected chi connectivity index (χ2v) is 8.59. The van der Waals surface area contributed by atoms with Gasteiger partial charge in [0, 0.05) is 26.1 Å². The van der Waals surface area contributed by atoms with Gasteiger partial charge in [-0.2, -0.15) is 0 Å². The Kier molecular flexibility index (Phi) is 7.67. The number of nitrogens with two attached hydrogens (primary N) is 1. The molecule has 9 heteroatoms. The van der Waals surface area contributed by atoms with E-state index in [1.165, 1.54) is 18.4 Å². The first-order valence-electron chi connectivity index (χ1n) is 8.68. The largest absolute Gasteiger partial charge is 0.493 e. The molecule has 1 atom stereocenters. The minimum absolute atomic E-state index is 0. The van der Waals surface area contributed by atoms with Crippen molar-refractivity contribution in [3.8, 4) is 5.75 Å². The predicted octanol–water partition coefficient (Wildman–Crippen LogP) is 2.48. The molecule has 0 fully saturated rings. The van der Waals surface area contributed by atoms with Gasteiger partial charge in [-0.3, -0.25) is 0 Å². The molecule has 2 aromatic rings. The molecule has 0 amide bonds. The van der Waals surface area contributed by atoms with Crippen LogP contribution in [-0.2, 0) is 16.6 Å². The van der Waals surface area contributed by atoms with Gasteiger partial charge in [0.1, 0.15) is 5.75 Å². The lowest BCUT2D eigenvalue weighted by molar-refractivity contribution is 0.262. The quantitative estimate of drug-likeness (QED) is 0.362. The third-order valence-corrected chi connectivity index (χ3v) is 6.35. The lowest BCUT2D eigenvalue weighted by Gasteiger charge is -2.27. The molecule has 1 heterocycles. The van der Waals surface area contributed by atoms with E-state index in [-0.39, 0.29) is 47.4 Å². The summed E-state index contributed by atoms with van der Waals surface area (Å²) < 4.78 is 31.8. The van der Waals surface area contributed by atoms with E-state index >= 15 is 0 Å². The molecule has 1 aliphatic rings. The maximum atomic E-state index is 12.5. The molecule has 0 radical (unpaired) electrons. The van der Waals surface area contributed by atoms with Crippen molar-refractivity contribution in [1.29, 1.82) is 0 Å². The van der Waals surface area contributed by atoms with Crippen LogP contribution in [0.25, 0.3) is 0 Å². The molecule has 0 spiro atoms. The van der Waals surface area contributed by atoms with Crippen molar-refractivity contribution in [3.63, 3.8) is 0 Å². The van der Waals surface area contributed by atoms with Gasteiger partial charge in [-0.05, 0) is 17.7 Å². The average Bonchev–Trinajstić information content (AvgIpc) is 2.67. The number of hydrogen-bond donors (Lipinski definition) is 2. The Morgan fingerprint density at radius 1 is 1.21 bits per heavy atom. The molecule has 1 aliphatic heterocycles. The first kappa shape index (κ1) is 22.4. The number of rotatable bonds is 5. The molecule has 3 N–H and O–H groups in total. The summed E-state index contributed by atoms with van der Waals surface area (Å²) in [5.74, 6) is 1.12. The molecule has 0 bridgehead atoms. The van der Waals surface area contributed by atoms with E-state index in [0.29, 0.717) is 12.2 Å². The molecular weight excluding hydrogens is 491 g/mol. The molecule has 3 rings (SSSR count). The second kappa shape index (κ2) is 9.57. The first-order valence-corrected chi connectivity index (χ1v) is 10.1. The van der Waals surface area contributed by atoms with Gasteiger partial charge in [0.25, 0.3) is 0 Å². The van der Waals surface area contributed by atoms with Crippen LogP contribution in [0.15, 0.2) is 58.4 Å². The minimum Gasteiger partial charge on any atom is -0.493 e. The highest BCUT2D eigenvalue weighted by atomic mass is 127. The number of hydrogen-bond acceptors (Lipinski definition) is 4. The van der Waals surface area contributed by atoms with Gasteiger partial charge in [-0.25, -0.2) is 17.7 Å². The summed E-state index contributed by atoms with van der Waals surface area (Å²) in [6.07, 6.45) is 0.777. The third-order valence-electron chi connectivity index (χ3n) is 4.43. The standard InChI is InChI=1S/C19H24N4O3S.HI/c1-23(2)27(24,25)18-10-6-3-7-14(18)13-21-19(20)22-16-11-12-26-17-9-5-4-8-15(16)17;/h3-10,16H,11-13H2,1-2H3,(H3,20,21,22);1H. The van der Waals surface area contributed by atoms with Crippen molar-refractivity contribution in [3.05, 3.63) is 59.7 Å². The summed E-state index contributed by atoms with van der Waals surface area (Å²) >= 11 is 0. The first-order chi connectivity index (χ1) is 12.9. The molecule has 0 aromatic heterocycles. The molecular formula is C19H25IN4O3S. The van der Waals surface area contributed by atoms with E-state index in [1.54, 1.807) is 24.3 Å². The summed E-state index contributed by atoms with van der Waals surface area (Å²) in [5.41, 5.74) is 7.71. The number of aliphatic imine (C=N–C) groups is 1. The lowest BCUT2D eigenvalue weighted by Crippen LogP contribution is -2.37. The number of fused-ring (bicyclic) bond motifs is 1. The fourth-order valence-electron chi connectivity index (χ4n) is 2.97. The van der Waals surface area contributed by atoms with E-state index in [4.69, 9.17) is 10.5 Å². The zero-order valence-electron chi connectivity index (χ0n) is 15.8. The van der Waals surface area contributed by atoms with E-state index < -0.39 is 10.0 Å².